The smallest absolute Gasteiger partial charge is 0.193 e. The van der Waals surface area contributed by atoms with Crippen LogP contribution in [0.25, 0.3) is 11.3 Å². The number of pyridine rings is 1. The molecule has 140 valence electrons. The van der Waals surface area contributed by atoms with Crippen molar-refractivity contribution in [3.05, 3.63) is 53.2 Å². The Kier molecular flexibility index (Phi) is 4.32. The topological polar surface area (TPSA) is 3.88 Å². The second-order valence-electron chi connectivity index (χ2n) is 6.61. The monoisotopic (exact) mass is 374 g/mol. The zero-order chi connectivity index (χ0) is 19.3. The second kappa shape index (κ2) is 5.99. The van der Waals surface area contributed by atoms with Crippen molar-refractivity contribution in [2.24, 2.45) is 0 Å². The summed E-state index contributed by atoms with van der Waals surface area (Å²) in [5.74, 6) is 0. The fraction of sp³-hybridized carbons (Fsp3) is 0.421. The van der Waals surface area contributed by atoms with Crippen molar-refractivity contribution in [2.45, 2.75) is 51.0 Å². The van der Waals surface area contributed by atoms with E-state index in [4.69, 9.17) is 0 Å². The van der Waals surface area contributed by atoms with Crippen LogP contribution >= 0.6 is 0 Å². The summed E-state index contributed by atoms with van der Waals surface area (Å²) in [7, 11) is 0. The van der Waals surface area contributed by atoms with E-state index in [0.29, 0.717) is 18.5 Å². The van der Waals surface area contributed by atoms with Crippen molar-refractivity contribution in [1.29, 1.82) is 0 Å². The number of rotatable bonds is 2. The minimum absolute atomic E-state index is 0.00488. The van der Waals surface area contributed by atoms with Crippen LogP contribution in [0.3, 0.4) is 0 Å². The molecule has 26 heavy (non-hydrogen) atoms. The van der Waals surface area contributed by atoms with Crippen molar-refractivity contribution < 1.29 is 30.9 Å². The Balaban J connectivity index is 2.40. The number of hydrogen-bond acceptors (Lipinski definition) is 0. The summed E-state index contributed by atoms with van der Waals surface area (Å²) >= 11 is 0. The molecule has 0 radical (unpaired) electrons. The fourth-order valence-electron chi connectivity index (χ4n) is 3.84. The Hall–Kier alpha value is -2.05. The molecule has 0 aliphatic carbocycles. The number of nitrogens with zero attached hydrogens (tertiary/aromatic N) is 1. The van der Waals surface area contributed by atoms with Gasteiger partial charge in [0.25, 0.3) is 0 Å². The van der Waals surface area contributed by atoms with E-state index in [1.165, 1.54) is 0 Å². The summed E-state index contributed by atoms with van der Waals surface area (Å²) in [6.45, 7) is 3.77. The summed E-state index contributed by atoms with van der Waals surface area (Å²) in [5, 5.41) is 0. The van der Waals surface area contributed by atoms with Crippen molar-refractivity contribution in [3.63, 3.8) is 0 Å². The standard InChI is InChI=1S/C19H18F6N/c1-3-17(4-2)11-14-13(16-7-5-6-8-26(16)17)9-12(18(20,21)22)10-15(14)19(23,24)25/h5-10H,3-4,11H2,1-2H3/q+1. The van der Waals surface area contributed by atoms with Gasteiger partial charge < -0.3 is 0 Å². The van der Waals surface area contributed by atoms with Gasteiger partial charge in [0.2, 0.25) is 5.69 Å². The molecule has 0 saturated heterocycles. The quantitative estimate of drug-likeness (QED) is 0.466. The van der Waals surface area contributed by atoms with E-state index in [1.807, 2.05) is 18.4 Å². The van der Waals surface area contributed by atoms with Gasteiger partial charge in [-0.3, -0.25) is 0 Å². The van der Waals surface area contributed by atoms with Gasteiger partial charge in [0.05, 0.1) is 16.7 Å². The maximum absolute atomic E-state index is 13.6. The molecule has 0 spiro atoms. The summed E-state index contributed by atoms with van der Waals surface area (Å²) in [4.78, 5) is 0. The van der Waals surface area contributed by atoms with Crippen molar-refractivity contribution in [2.75, 3.05) is 0 Å². The van der Waals surface area contributed by atoms with Gasteiger partial charge in [-0.1, -0.05) is 13.8 Å². The van der Waals surface area contributed by atoms with Crippen LogP contribution in [0, 0.1) is 0 Å². The largest absolute Gasteiger partial charge is 0.416 e. The van der Waals surface area contributed by atoms with Crippen LogP contribution in [0.15, 0.2) is 36.5 Å². The molecule has 2 heterocycles. The lowest BCUT2D eigenvalue weighted by molar-refractivity contribution is -0.758. The lowest BCUT2D eigenvalue weighted by Crippen LogP contribution is -2.60. The van der Waals surface area contributed by atoms with E-state index < -0.39 is 29.0 Å². The van der Waals surface area contributed by atoms with Gasteiger partial charge in [-0.15, -0.1) is 0 Å². The van der Waals surface area contributed by atoms with Gasteiger partial charge in [-0.2, -0.15) is 30.9 Å². The summed E-state index contributed by atoms with van der Waals surface area (Å²) in [6, 6.07) is 6.04. The summed E-state index contributed by atoms with van der Waals surface area (Å²) in [6.07, 6.45) is -6.77. The number of alkyl halides is 6. The van der Waals surface area contributed by atoms with E-state index >= 15 is 0 Å². The number of fused-ring (bicyclic) bond motifs is 3. The van der Waals surface area contributed by atoms with E-state index in [9.17, 15) is 26.3 Å². The Bertz CT molecular complexity index is 831. The van der Waals surface area contributed by atoms with Crippen LogP contribution in [0.2, 0.25) is 0 Å². The molecule has 7 heteroatoms. The van der Waals surface area contributed by atoms with Crippen LogP contribution in [0.4, 0.5) is 26.3 Å². The SMILES string of the molecule is CCC1(CC)Cc2c(cc(C(F)(F)F)cc2C(F)(F)F)-c2cccc[n+]21. The van der Waals surface area contributed by atoms with E-state index in [-0.39, 0.29) is 23.6 Å². The van der Waals surface area contributed by atoms with Crippen LogP contribution in [-0.2, 0) is 24.3 Å². The Morgan fingerprint density at radius 2 is 1.62 bits per heavy atom. The molecule has 3 rings (SSSR count). The van der Waals surface area contributed by atoms with Crippen molar-refractivity contribution in [1.82, 2.24) is 0 Å². The van der Waals surface area contributed by atoms with Gasteiger partial charge in [-0.25, -0.2) is 0 Å². The Labute approximate surface area is 147 Å². The second-order valence-corrected chi connectivity index (χ2v) is 6.61. The first-order valence-electron chi connectivity index (χ1n) is 8.36. The van der Waals surface area contributed by atoms with E-state index in [2.05, 4.69) is 0 Å². The highest BCUT2D eigenvalue weighted by molar-refractivity contribution is 5.67. The Morgan fingerprint density at radius 1 is 0.962 bits per heavy atom. The average Bonchev–Trinajstić information content (AvgIpc) is 2.58. The zero-order valence-electron chi connectivity index (χ0n) is 14.3. The maximum atomic E-state index is 13.6. The molecule has 0 N–H and O–H groups in total. The first-order valence-corrected chi connectivity index (χ1v) is 8.36. The zero-order valence-corrected chi connectivity index (χ0v) is 14.3. The molecule has 0 saturated carbocycles. The summed E-state index contributed by atoms with van der Waals surface area (Å²) < 4.78 is 82.3. The lowest BCUT2D eigenvalue weighted by Gasteiger charge is -2.34. The van der Waals surface area contributed by atoms with Gasteiger partial charge in [0.15, 0.2) is 11.7 Å². The molecule has 0 unspecified atom stereocenters. The van der Waals surface area contributed by atoms with Crippen LogP contribution in [0.1, 0.15) is 43.4 Å². The minimum atomic E-state index is -4.85. The first-order chi connectivity index (χ1) is 12.0. The highest BCUT2D eigenvalue weighted by atomic mass is 19.4. The molecule has 1 aromatic heterocycles. The van der Waals surface area contributed by atoms with Crippen LogP contribution in [-0.4, -0.2) is 0 Å². The number of halogens is 6. The fourth-order valence-corrected chi connectivity index (χ4v) is 3.84. The number of aromatic nitrogens is 1. The Morgan fingerprint density at radius 3 is 2.15 bits per heavy atom. The minimum Gasteiger partial charge on any atom is -0.193 e. The average molecular weight is 374 g/mol. The third-order valence-corrected chi connectivity index (χ3v) is 5.35. The molecule has 1 aliphatic rings. The molecule has 0 amide bonds. The normalized spacial score (nSPS) is 16.2. The van der Waals surface area contributed by atoms with Gasteiger partial charge >= 0.3 is 12.4 Å². The molecule has 0 atom stereocenters. The van der Waals surface area contributed by atoms with Crippen LogP contribution in [0.5, 0.6) is 0 Å². The highest BCUT2D eigenvalue weighted by Crippen LogP contribution is 2.45. The van der Waals surface area contributed by atoms with Gasteiger partial charge in [-0.05, 0) is 23.8 Å². The third-order valence-electron chi connectivity index (χ3n) is 5.35. The van der Waals surface area contributed by atoms with E-state index in [0.717, 1.165) is 6.07 Å². The van der Waals surface area contributed by atoms with Crippen LogP contribution < -0.4 is 4.57 Å². The highest BCUT2D eigenvalue weighted by Gasteiger charge is 2.48. The predicted molar refractivity (Wildman–Crippen MR) is 84.3 cm³/mol. The van der Waals surface area contributed by atoms with E-state index in [1.54, 1.807) is 24.4 Å². The lowest BCUT2D eigenvalue weighted by atomic mass is 9.77. The molecule has 1 aromatic carbocycles. The first kappa shape index (κ1) is 18.7. The molecule has 2 aromatic rings. The van der Waals surface area contributed by atoms with Gasteiger partial charge in [0, 0.05) is 31.4 Å². The summed E-state index contributed by atoms with van der Waals surface area (Å²) in [5.41, 5.74) is -2.73. The molecule has 1 aliphatic heterocycles. The third kappa shape index (κ3) is 2.87. The van der Waals surface area contributed by atoms with Crippen molar-refractivity contribution in [3.8, 4) is 11.3 Å². The molecule has 0 bridgehead atoms. The number of hydrogen-bond donors (Lipinski definition) is 0. The predicted octanol–water partition coefficient (Wildman–Crippen LogP) is 5.75. The van der Waals surface area contributed by atoms with Crippen molar-refractivity contribution >= 4 is 0 Å². The maximum Gasteiger partial charge on any atom is 0.416 e. The molecule has 1 nitrogen and oxygen atoms in total. The van der Waals surface area contributed by atoms with Gasteiger partial charge in [0.1, 0.15) is 0 Å². The molecular formula is C19H18F6N+. The number of benzene rings is 1. The molecule has 0 fully saturated rings. The molecular weight excluding hydrogens is 356 g/mol.